The smallest absolute Gasteiger partial charge is 0.268 e. The number of fused-ring (bicyclic) bond motifs is 1. The van der Waals surface area contributed by atoms with Crippen LogP contribution in [0.15, 0.2) is 0 Å². The Morgan fingerprint density at radius 2 is 2.00 bits per heavy atom. The normalized spacial score (nSPS) is 26.2. The lowest BCUT2D eigenvalue weighted by molar-refractivity contribution is -0.0394. The van der Waals surface area contributed by atoms with E-state index in [1.165, 1.54) is 0 Å². The zero-order chi connectivity index (χ0) is 16.8. The van der Waals surface area contributed by atoms with Crippen molar-refractivity contribution in [3.8, 4) is 0 Å². The Morgan fingerprint density at radius 1 is 1.26 bits per heavy atom. The minimum atomic E-state index is -0.863. The first-order valence-electron chi connectivity index (χ1n) is 8.50. The Labute approximate surface area is 136 Å². The van der Waals surface area contributed by atoms with Gasteiger partial charge < -0.3 is 15.4 Å². The second kappa shape index (κ2) is 5.48. The summed E-state index contributed by atoms with van der Waals surface area (Å²) in [7, 11) is 0. The van der Waals surface area contributed by atoms with Gasteiger partial charge in [-0.05, 0) is 50.0 Å². The van der Waals surface area contributed by atoms with Crippen LogP contribution in [0.4, 0.5) is 0 Å². The molecule has 1 amide bonds. The quantitative estimate of drug-likeness (QED) is 0.801. The molecule has 0 spiro atoms. The van der Waals surface area contributed by atoms with Crippen LogP contribution in [0.25, 0.3) is 0 Å². The summed E-state index contributed by atoms with van der Waals surface area (Å²) in [6.45, 7) is 6.16. The number of aromatic nitrogens is 1. The highest BCUT2D eigenvalue weighted by Crippen LogP contribution is 2.45. The maximum absolute atomic E-state index is 12.5. The fraction of sp³-hybridized carbons (Fsp3) is 0.667. The molecule has 3 N–H and O–H groups in total. The molecule has 2 aliphatic rings. The second-order valence-electron chi connectivity index (χ2n) is 7.71. The van der Waals surface area contributed by atoms with Gasteiger partial charge in [-0.25, -0.2) is 0 Å². The number of rotatable bonds is 3. The average molecular weight is 318 g/mol. The van der Waals surface area contributed by atoms with Gasteiger partial charge in [-0.15, -0.1) is 0 Å². The van der Waals surface area contributed by atoms with E-state index < -0.39 is 5.60 Å². The highest BCUT2D eigenvalue weighted by atomic mass is 16.3. The van der Waals surface area contributed by atoms with Crippen molar-refractivity contribution < 1.29 is 14.7 Å². The molecule has 5 nitrogen and oxygen atoms in total. The second-order valence-corrected chi connectivity index (χ2v) is 7.71. The average Bonchev–Trinajstić information content (AvgIpc) is 2.95. The first kappa shape index (κ1) is 16.2. The van der Waals surface area contributed by atoms with Crippen molar-refractivity contribution in [1.29, 1.82) is 0 Å². The van der Waals surface area contributed by atoms with Crippen molar-refractivity contribution in [3.05, 3.63) is 22.5 Å². The SMILES string of the molecule is Cc1c(C(=O)NCC2(O)CCCC2(C)C)[nH]c2c1C(=O)CCC2. The molecule has 126 valence electrons. The number of carbonyl (C=O) groups excluding carboxylic acids is 2. The van der Waals surface area contributed by atoms with Crippen LogP contribution in [0.2, 0.25) is 0 Å². The van der Waals surface area contributed by atoms with Gasteiger partial charge in [0.25, 0.3) is 5.91 Å². The monoisotopic (exact) mass is 318 g/mol. The third-order valence-electron chi connectivity index (χ3n) is 5.86. The predicted octanol–water partition coefficient (Wildman–Crippen LogP) is 2.51. The fourth-order valence-corrected chi connectivity index (χ4v) is 4.04. The molecule has 2 aliphatic carbocycles. The summed E-state index contributed by atoms with van der Waals surface area (Å²) in [5.74, 6) is -0.115. The van der Waals surface area contributed by atoms with Crippen LogP contribution in [0.3, 0.4) is 0 Å². The number of carbonyl (C=O) groups is 2. The van der Waals surface area contributed by atoms with Crippen molar-refractivity contribution in [2.45, 2.75) is 64.9 Å². The van der Waals surface area contributed by atoms with Crippen molar-refractivity contribution >= 4 is 11.7 Å². The number of nitrogens with one attached hydrogen (secondary N) is 2. The first-order valence-corrected chi connectivity index (χ1v) is 8.50. The number of H-pyrrole nitrogens is 1. The van der Waals surface area contributed by atoms with Crippen LogP contribution in [-0.2, 0) is 6.42 Å². The molecular formula is C18H26N2O3. The largest absolute Gasteiger partial charge is 0.387 e. The number of amides is 1. The molecule has 0 bridgehead atoms. The third-order valence-corrected chi connectivity index (χ3v) is 5.86. The van der Waals surface area contributed by atoms with Gasteiger partial charge in [0.1, 0.15) is 5.69 Å². The van der Waals surface area contributed by atoms with Gasteiger partial charge >= 0.3 is 0 Å². The van der Waals surface area contributed by atoms with Gasteiger partial charge in [0.2, 0.25) is 0 Å². The topological polar surface area (TPSA) is 82.2 Å². The summed E-state index contributed by atoms with van der Waals surface area (Å²) < 4.78 is 0. The molecule has 0 aromatic carbocycles. The van der Waals surface area contributed by atoms with Crippen molar-refractivity contribution in [1.82, 2.24) is 10.3 Å². The Bertz CT molecular complexity index is 659. The zero-order valence-electron chi connectivity index (χ0n) is 14.2. The molecular weight excluding hydrogens is 292 g/mol. The maximum atomic E-state index is 12.5. The number of Topliss-reactive ketones (excluding diaryl/α,β-unsaturated/α-hetero) is 1. The fourth-order valence-electron chi connectivity index (χ4n) is 4.04. The molecule has 23 heavy (non-hydrogen) atoms. The van der Waals surface area contributed by atoms with E-state index in [0.717, 1.165) is 36.9 Å². The molecule has 1 aromatic rings. The van der Waals surface area contributed by atoms with Crippen LogP contribution < -0.4 is 5.32 Å². The minimum absolute atomic E-state index is 0.120. The lowest BCUT2D eigenvalue weighted by Gasteiger charge is -2.36. The lowest BCUT2D eigenvalue weighted by Crippen LogP contribution is -2.49. The van der Waals surface area contributed by atoms with Crippen molar-refractivity contribution in [2.75, 3.05) is 6.54 Å². The zero-order valence-corrected chi connectivity index (χ0v) is 14.2. The summed E-state index contributed by atoms with van der Waals surface area (Å²) in [6, 6.07) is 0. The van der Waals surface area contributed by atoms with E-state index in [2.05, 4.69) is 10.3 Å². The number of aryl methyl sites for hydroxylation is 1. The molecule has 5 heteroatoms. The van der Waals surface area contributed by atoms with E-state index in [1.807, 2.05) is 20.8 Å². The molecule has 0 radical (unpaired) electrons. The Morgan fingerprint density at radius 3 is 2.61 bits per heavy atom. The lowest BCUT2D eigenvalue weighted by atomic mass is 9.78. The third kappa shape index (κ3) is 2.61. The summed E-state index contributed by atoms with van der Waals surface area (Å²) in [5, 5.41) is 13.7. The number of aromatic amines is 1. The number of hydrogen-bond donors (Lipinski definition) is 3. The van der Waals surface area contributed by atoms with E-state index in [9.17, 15) is 14.7 Å². The summed E-state index contributed by atoms with van der Waals surface area (Å²) >= 11 is 0. The highest BCUT2D eigenvalue weighted by molar-refractivity contribution is 6.04. The van der Waals surface area contributed by atoms with Crippen LogP contribution in [0.5, 0.6) is 0 Å². The van der Waals surface area contributed by atoms with Crippen LogP contribution >= 0.6 is 0 Å². The first-order chi connectivity index (χ1) is 10.8. The summed E-state index contributed by atoms with van der Waals surface area (Å²) in [5.41, 5.74) is 1.72. The molecule has 3 rings (SSSR count). The molecule has 1 saturated carbocycles. The van der Waals surface area contributed by atoms with E-state index in [4.69, 9.17) is 0 Å². The number of hydrogen-bond acceptors (Lipinski definition) is 3. The van der Waals surface area contributed by atoms with E-state index in [1.54, 1.807) is 0 Å². The Hall–Kier alpha value is -1.62. The Balaban J connectivity index is 1.76. The van der Waals surface area contributed by atoms with E-state index in [0.29, 0.717) is 24.1 Å². The summed E-state index contributed by atoms with van der Waals surface area (Å²) in [6.07, 6.45) is 4.85. The van der Waals surface area contributed by atoms with Gasteiger partial charge in [-0.2, -0.15) is 0 Å². The highest BCUT2D eigenvalue weighted by Gasteiger charge is 2.47. The Kier molecular flexibility index (Phi) is 3.87. The molecule has 1 fully saturated rings. The van der Waals surface area contributed by atoms with Crippen LogP contribution in [-0.4, -0.2) is 33.9 Å². The molecule has 0 aliphatic heterocycles. The van der Waals surface area contributed by atoms with Gasteiger partial charge in [0, 0.05) is 24.2 Å². The molecule has 1 heterocycles. The number of ketones is 1. The van der Waals surface area contributed by atoms with Crippen LogP contribution in [0, 0.1) is 12.3 Å². The molecule has 0 saturated heterocycles. The molecule has 1 unspecified atom stereocenters. The van der Waals surface area contributed by atoms with Crippen molar-refractivity contribution in [3.63, 3.8) is 0 Å². The molecule has 1 aromatic heterocycles. The van der Waals surface area contributed by atoms with Gasteiger partial charge in [-0.1, -0.05) is 13.8 Å². The van der Waals surface area contributed by atoms with Crippen molar-refractivity contribution in [2.24, 2.45) is 5.41 Å². The number of aliphatic hydroxyl groups is 1. The van der Waals surface area contributed by atoms with Gasteiger partial charge in [-0.3, -0.25) is 9.59 Å². The molecule has 1 atom stereocenters. The standard InChI is InChI=1S/C18H26N2O3/c1-11-14-12(6-4-7-13(14)21)20-15(11)16(22)19-10-18(23)9-5-8-17(18,2)3/h20,23H,4-10H2,1-3H3,(H,19,22). The van der Waals surface area contributed by atoms with Crippen LogP contribution in [0.1, 0.15) is 78.1 Å². The van der Waals surface area contributed by atoms with Gasteiger partial charge in [0.15, 0.2) is 5.78 Å². The maximum Gasteiger partial charge on any atom is 0.268 e. The van der Waals surface area contributed by atoms with E-state index in [-0.39, 0.29) is 23.7 Å². The predicted molar refractivity (Wildman–Crippen MR) is 87.7 cm³/mol. The van der Waals surface area contributed by atoms with E-state index >= 15 is 0 Å². The summed E-state index contributed by atoms with van der Waals surface area (Å²) in [4.78, 5) is 27.7. The minimum Gasteiger partial charge on any atom is -0.387 e. The van der Waals surface area contributed by atoms with Gasteiger partial charge in [0.05, 0.1) is 5.60 Å².